The largest absolute Gasteiger partial charge is 0.382 e. The molecule has 0 aliphatic rings. The highest BCUT2D eigenvalue weighted by Gasteiger charge is 2.15. The quantitative estimate of drug-likeness (QED) is 0.599. The summed E-state index contributed by atoms with van der Waals surface area (Å²) in [5, 5.41) is 9.36. The van der Waals surface area contributed by atoms with Crippen molar-refractivity contribution in [3.05, 3.63) is 45.9 Å². The van der Waals surface area contributed by atoms with Crippen LogP contribution in [-0.4, -0.2) is 25.3 Å². The monoisotopic (exact) mass is 355 g/mol. The maximum Gasteiger partial charge on any atom is 0.328 e. The number of hydrogen-bond acceptors (Lipinski definition) is 6. The zero-order chi connectivity index (χ0) is 18.0. The van der Waals surface area contributed by atoms with E-state index in [4.69, 9.17) is 15.8 Å². The van der Waals surface area contributed by atoms with Crippen LogP contribution in [0.5, 0.6) is 0 Å². The number of aromatic amines is 1. The van der Waals surface area contributed by atoms with Crippen molar-refractivity contribution in [1.82, 2.24) is 19.5 Å². The first-order valence-corrected chi connectivity index (χ1v) is 9.10. The van der Waals surface area contributed by atoms with E-state index in [-0.39, 0.29) is 18.1 Å². The maximum absolute atomic E-state index is 12.3. The number of fused-ring (bicyclic) bond motifs is 1. The normalized spacial score (nSPS) is 12.2. The number of nitrogens with two attached hydrogens (primary N) is 1. The van der Waals surface area contributed by atoms with E-state index in [0.717, 1.165) is 12.0 Å². The number of imidazole rings is 1. The number of anilines is 1. The Bertz CT molecular complexity index is 1060. The molecule has 0 amide bonds. The number of nitrogens with zero attached hydrogens (tertiary/aromatic N) is 4. The molecule has 1 aromatic carbocycles. The van der Waals surface area contributed by atoms with Crippen LogP contribution in [0.3, 0.4) is 0 Å². The van der Waals surface area contributed by atoms with Gasteiger partial charge in [-0.15, -0.1) is 0 Å². The van der Waals surface area contributed by atoms with Crippen LogP contribution in [0, 0.1) is 16.1 Å². The Morgan fingerprint density at radius 1 is 1.44 bits per heavy atom. The molecule has 0 saturated heterocycles. The predicted octanol–water partition coefficient (Wildman–Crippen LogP) is 1.77. The summed E-state index contributed by atoms with van der Waals surface area (Å²) in [5.74, 6) is 0.812. The number of H-pyrrole nitrogens is 1. The van der Waals surface area contributed by atoms with Gasteiger partial charge in [0.15, 0.2) is 11.5 Å². The maximum atomic E-state index is 12.3. The number of nitrogens with one attached hydrogen (secondary N) is 2. The Balaban J connectivity index is 2.11. The molecule has 2 aromatic heterocycles. The summed E-state index contributed by atoms with van der Waals surface area (Å²) >= 11 is 0. The molecule has 1 unspecified atom stereocenters. The smallest absolute Gasteiger partial charge is 0.328 e. The molecule has 0 radical (unpaired) electrons. The van der Waals surface area contributed by atoms with Gasteiger partial charge < -0.3 is 10.7 Å². The van der Waals surface area contributed by atoms with Gasteiger partial charge in [-0.05, 0) is 34.8 Å². The Kier molecular flexibility index (Phi) is 4.63. The van der Waals surface area contributed by atoms with E-state index < -0.39 is 10.7 Å². The van der Waals surface area contributed by atoms with Crippen LogP contribution in [0.4, 0.5) is 5.82 Å². The molecule has 8 nitrogen and oxygen atoms in total. The molecule has 9 heteroatoms. The fourth-order valence-corrected chi connectivity index (χ4v) is 3.50. The molecule has 3 rings (SSSR count). The molecule has 0 aliphatic heterocycles. The average Bonchev–Trinajstić information content (AvgIpc) is 2.92. The summed E-state index contributed by atoms with van der Waals surface area (Å²) in [6.45, 7) is 2.24. The van der Waals surface area contributed by atoms with Crippen molar-refractivity contribution in [3.63, 3.8) is 0 Å². The van der Waals surface area contributed by atoms with E-state index in [9.17, 15) is 4.79 Å². The van der Waals surface area contributed by atoms with Crippen LogP contribution < -0.4 is 11.4 Å². The number of rotatable bonds is 5. The van der Waals surface area contributed by atoms with E-state index in [1.165, 1.54) is 4.57 Å². The first-order chi connectivity index (χ1) is 12.0. The van der Waals surface area contributed by atoms with Crippen molar-refractivity contribution >= 4 is 27.7 Å². The third-order valence-electron chi connectivity index (χ3n) is 3.66. The van der Waals surface area contributed by atoms with Gasteiger partial charge in [-0.25, -0.2) is 14.8 Å². The number of hydrogen-bond donors (Lipinski definition) is 3. The lowest BCUT2D eigenvalue weighted by molar-refractivity contribution is 0.770. The molecule has 1 atom stereocenters. The topological polar surface area (TPSA) is 137 Å². The summed E-state index contributed by atoms with van der Waals surface area (Å²) in [6, 6.07) is 9.12. The Morgan fingerprint density at radius 2 is 2.24 bits per heavy atom. The summed E-state index contributed by atoms with van der Waals surface area (Å²) in [4.78, 5) is 23.6. The second kappa shape index (κ2) is 6.86. The summed E-state index contributed by atoms with van der Waals surface area (Å²) in [5.41, 5.74) is 7.69. The van der Waals surface area contributed by atoms with Crippen molar-refractivity contribution < 1.29 is 0 Å². The first kappa shape index (κ1) is 16.9. The van der Waals surface area contributed by atoms with Crippen molar-refractivity contribution in [1.29, 1.82) is 10.0 Å². The number of aromatic nitrogens is 4. The molecule has 128 valence electrons. The van der Waals surface area contributed by atoms with Crippen LogP contribution in [0.15, 0.2) is 34.2 Å². The van der Waals surface area contributed by atoms with Crippen molar-refractivity contribution in [2.24, 2.45) is 0 Å². The van der Waals surface area contributed by atoms with Crippen molar-refractivity contribution in [2.45, 2.75) is 25.0 Å². The lowest BCUT2D eigenvalue weighted by Gasteiger charge is -2.07. The van der Waals surface area contributed by atoms with Crippen molar-refractivity contribution in [3.8, 4) is 6.07 Å². The SMILES string of the molecule is CCCS(=N)c1nc(N)c2[nH]c(=O)n(Cc3cccc(C#N)c3)c2n1. The van der Waals surface area contributed by atoms with Crippen LogP contribution in [0.2, 0.25) is 0 Å². The number of nitriles is 1. The zero-order valence-electron chi connectivity index (χ0n) is 13.6. The summed E-state index contributed by atoms with van der Waals surface area (Å²) < 4.78 is 9.60. The van der Waals surface area contributed by atoms with Crippen LogP contribution in [-0.2, 0) is 17.2 Å². The minimum absolute atomic E-state index is 0.169. The molecular formula is C16H17N7OS. The molecule has 0 fully saturated rings. The van der Waals surface area contributed by atoms with Crippen molar-refractivity contribution in [2.75, 3.05) is 11.5 Å². The van der Waals surface area contributed by atoms with E-state index in [2.05, 4.69) is 21.0 Å². The lowest BCUT2D eigenvalue weighted by Crippen LogP contribution is -2.18. The average molecular weight is 355 g/mol. The summed E-state index contributed by atoms with van der Waals surface area (Å²) in [6.07, 6.45) is 0.842. The fraction of sp³-hybridized carbons (Fsp3) is 0.250. The van der Waals surface area contributed by atoms with E-state index >= 15 is 0 Å². The molecule has 0 spiro atoms. The van der Waals surface area contributed by atoms with E-state index in [1.54, 1.807) is 18.2 Å². The highest BCUT2D eigenvalue weighted by Crippen LogP contribution is 2.17. The van der Waals surface area contributed by atoms with E-state index in [1.807, 2.05) is 13.0 Å². The Hall–Kier alpha value is -2.99. The second-order valence-corrected chi connectivity index (χ2v) is 7.07. The molecule has 0 aliphatic carbocycles. The van der Waals surface area contributed by atoms with Gasteiger partial charge in [-0.2, -0.15) is 5.26 Å². The fourth-order valence-electron chi connectivity index (χ4n) is 2.50. The second-order valence-electron chi connectivity index (χ2n) is 5.51. The molecule has 0 saturated carbocycles. The van der Waals surface area contributed by atoms with Crippen LogP contribution >= 0.6 is 0 Å². The zero-order valence-corrected chi connectivity index (χ0v) is 14.4. The predicted molar refractivity (Wildman–Crippen MR) is 96.3 cm³/mol. The van der Waals surface area contributed by atoms with Gasteiger partial charge in [-0.1, -0.05) is 19.1 Å². The standard InChI is InChI=1S/C16H17N7OS/c1-2-6-25(19)15-21-13(18)12-14(22-15)23(16(24)20-12)9-11-5-3-4-10(7-11)8-17/h3-5,7,19H,2,6,9H2,1H3,(H,20,24)(H2,18,21,22). The first-order valence-electron chi connectivity index (χ1n) is 7.70. The highest BCUT2D eigenvalue weighted by molar-refractivity contribution is 7.85. The van der Waals surface area contributed by atoms with Gasteiger partial charge in [0.05, 0.1) is 18.2 Å². The van der Waals surface area contributed by atoms with Crippen LogP contribution in [0.25, 0.3) is 11.2 Å². The van der Waals surface area contributed by atoms with Crippen LogP contribution in [0.1, 0.15) is 24.5 Å². The van der Waals surface area contributed by atoms with E-state index in [0.29, 0.717) is 27.6 Å². The minimum Gasteiger partial charge on any atom is -0.382 e. The molecule has 2 heterocycles. The summed E-state index contributed by atoms with van der Waals surface area (Å²) in [7, 11) is -0.875. The van der Waals surface area contributed by atoms with Gasteiger partial charge in [0.2, 0.25) is 5.16 Å². The number of nitrogen functional groups attached to an aromatic ring is 1. The molecule has 3 aromatic rings. The third-order valence-corrected chi connectivity index (χ3v) is 5.10. The highest BCUT2D eigenvalue weighted by atomic mass is 32.2. The Labute approximate surface area is 146 Å². The molecule has 4 N–H and O–H groups in total. The minimum atomic E-state index is -0.875. The van der Waals surface area contributed by atoms with Gasteiger partial charge in [-0.3, -0.25) is 9.35 Å². The van der Waals surface area contributed by atoms with Gasteiger partial charge in [0, 0.05) is 5.75 Å². The molecule has 25 heavy (non-hydrogen) atoms. The molecular weight excluding hydrogens is 338 g/mol. The van der Waals surface area contributed by atoms with Gasteiger partial charge in [0.25, 0.3) is 0 Å². The molecule has 0 bridgehead atoms. The lowest BCUT2D eigenvalue weighted by atomic mass is 10.1. The van der Waals surface area contributed by atoms with Gasteiger partial charge in [0.1, 0.15) is 5.52 Å². The Morgan fingerprint density at radius 3 is 2.96 bits per heavy atom. The number of benzene rings is 1. The van der Waals surface area contributed by atoms with Gasteiger partial charge >= 0.3 is 5.69 Å². The third kappa shape index (κ3) is 3.29.